The van der Waals surface area contributed by atoms with Gasteiger partial charge in [-0.25, -0.2) is 9.37 Å². The molecule has 0 aliphatic carbocycles. The highest BCUT2D eigenvalue weighted by Crippen LogP contribution is 2.31. The number of anilines is 2. The number of rotatable bonds is 5. The van der Waals surface area contributed by atoms with Crippen molar-refractivity contribution in [2.45, 2.75) is 0 Å². The highest BCUT2D eigenvalue weighted by molar-refractivity contribution is 5.93. The molecule has 8 nitrogen and oxygen atoms in total. The molecule has 3 heterocycles. The fourth-order valence-corrected chi connectivity index (χ4v) is 3.73. The number of halogens is 1. The number of carbonyl (C=O) groups excluding carboxylic acids is 1. The summed E-state index contributed by atoms with van der Waals surface area (Å²) in [6.07, 6.45) is 3.27. The quantitative estimate of drug-likeness (QED) is 0.656. The first-order valence-electron chi connectivity index (χ1n) is 10.1. The summed E-state index contributed by atoms with van der Waals surface area (Å²) < 4.78 is 24.1. The summed E-state index contributed by atoms with van der Waals surface area (Å²) in [7, 11) is 3.12. The third-order valence-corrected chi connectivity index (χ3v) is 5.46. The average Bonchev–Trinajstić information content (AvgIpc) is 2.83. The monoisotopic (exact) mass is 437 g/mol. The summed E-state index contributed by atoms with van der Waals surface area (Å²) in [5.74, 6) is 1.06. The van der Waals surface area contributed by atoms with Crippen LogP contribution in [0.4, 0.5) is 15.9 Å². The van der Waals surface area contributed by atoms with E-state index in [-0.39, 0.29) is 11.7 Å². The van der Waals surface area contributed by atoms with Crippen molar-refractivity contribution in [3.63, 3.8) is 0 Å². The van der Waals surface area contributed by atoms with Crippen molar-refractivity contribution in [2.75, 3.05) is 51.0 Å². The molecule has 1 saturated heterocycles. The zero-order valence-corrected chi connectivity index (χ0v) is 17.9. The zero-order valence-electron chi connectivity index (χ0n) is 17.9. The molecule has 2 aromatic heterocycles. The van der Waals surface area contributed by atoms with Gasteiger partial charge in [-0.1, -0.05) is 12.1 Å². The van der Waals surface area contributed by atoms with Gasteiger partial charge in [0.15, 0.2) is 0 Å². The molecule has 3 aromatic rings. The molecule has 0 unspecified atom stereocenters. The summed E-state index contributed by atoms with van der Waals surface area (Å²) >= 11 is 0. The highest BCUT2D eigenvalue weighted by atomic mass is 19.1. The molecule has 0 bridgehead atoms. The smallest absolute Gasteiger partial charge is 0.272 e. The number of piperazine rings is 1. The summed E-state index contributed by atoms with van der Waals surface area (Å²) in [5.41, 5.74) is 8.33. The molecule has 0 atom stereocenters. The van der Waals surface area contributed by atoms with Gasteiger partial charge in [0.25, 0.3) is 5.91 Å². The van der Waals surface area contributed by atoms with Crippen molar-refractivity contribution in [3.8, 4) is 22.6 Å². The minimum absolute atomic E-state index is 0.170. The Kier molecular flexibility index (Phi) is 6.07. The number of methoxy groups -OCH3 is 2. The van der Waals surface area contributed by atoms with E-state index in [0.717, 1.165) is 11.3 Å². The molecule has 32 heavy (non-hydrogen) atoms. The fourth-order valence-electron chi connectivity index (χ4n) is 3.73. The predicted octanol–water partition coefficient (Wildman–Crippen LogP) is 2.84. The van der Waals surface area contributed by atoms with Crippen molar-refractivity contribution >= 4 is 17.4 Å². The van der Waals surface area contributed by atoms with Crippen LogP contribution in [0.5, 0.6) is 11.5 Å². The van der Waals surface area contributed by atoms with Gasteiger partial charge in [-0.15, -0.1) is 0 Å². The maximum atomic E-state index is 13.2. The van der Waals surface area contributed by atoms with Gasteiger partial charge in [0.2, 0.25) is 0 Å². The van der Waals surface area contributed by atoms with Crippen LogP contribution in [0.3, 0.4) is 0 Å². The van der Waals surface area contributed by atoms with E-state index in [1.807, 2.05) is 0 Å². The lowest BCUT2D eigenvalue weighted by atomic mass is 10.1. The molecular formula is C23H24FN5O3. The van der Waals surface area contributed by atoms with E-state index < -0.39 is 0 Å². The van der Waals surface area contributed by atoms with E-state index in [0.29, 0.717) is 54.8 Å². The molecule has 1 aliphatic heterocycles. The maximum absolute atomic E-state index is 13.2. The molecule has 0 spiro atoms. The second-order valence-electron chi connectivity index (χ2n) is 7.34. The van der Waals surface area contributed by atoms with Gasteiger partial charge in [-0.2, -0.15) is 0 Å². The number of carbonyl (C=O) groups is 1. The fraction of sp³-hybridized carbons (Fsp3) is 0.261. The summed E-state index contributed by atoms with van der Waals surface area (Å²) in [6, 6.07) is 9.36. The first-order chi connectivity index (χ1) is 15.5. The molecule has 1 amide bonds. The lowest BCUT2D eigenvalue weighted by Crippen LogP contribution is -2.49. The lowest BCUT2D eigenvalue weighted by Gasteiger charge is -2.36. The van der Waals surface area contributed by atoms with Gasteiger partial charge in [0, 0.05) is 50.1 Å². The van der Waals surface area contributed by atoms with Gasteiger partial charge < -0.3 is 25.0 Å². The van der Waals surface area contributed by atoms with E-state index in [9.17, 15) is 9.18 Å². The zero-order chi connectivity index (χ0) is 22.7. The number of benzene rings is 1. The number of aromatic nitrogens is 2. The molecule has 0 saturated carbocycles. The molecule has 0 radical (unpaired) electrons. The molecule has 2 N–H and O–H groups in total. The largest absolute Gasteiger partial charge is 0.496 e. The number of ether oxygens (including phenoxy) is 2. The third-order valence-electron chi connectivity index (χ3n) is 5.46. The Balaban J connectivity index is 1.48. The molecule has 1 aromatic carbocycles. The predicted molar refractivity (Wildman–Crippen MR) is 120 cm³/mol. The number of amides is 1. The summed E-state index contributed by atoms with van der Waals surface area (Å²) in [4.78, 5) is 25.4. The van der Waals surface area contributed by atoms with Gasteiger partial charge in [-0.05, 0) is 17.7 Å². The van der Waals surface area contributed by atoms with E-state index in [1.165, 1.54) is 19.2 Å². The van der Waals surface area contributed by atoms with Crippen LogP contribution < -0.4 is 20.1 Å². The molecule has 166 valence electrons. The Labute approximate surface area is 185 Å². The van der Waals surface area contributed by atoms with Crippen molar-refractivity contribution in [3.05, 3.63) is 60.3 Å². The molecule has 1 fully saturated rings. The van der Waals surface area contributed by atoms with Crippen molar-refractivity contribution in [2.24, 2.45) is 0 Å². The van der Waals surface area contributed by atoms with Crippen molar-refractivity contribution < 1.29 is 18.7 Å². The number of hydrogen-bond acceptors (Lipinski definition) is 7. The second-order valence-corrected chi connectivity index (χ2v) is 7.34. The Morgan fingerprint density at radius 3 is 2.31 bits per heavy atom. The van der Waals surface area contributed by atoms with Crippen LogP contribution in [0.1, 0.15) is 10.5 Å². The maximum Gasteiger partial charge on any atom is 0.272 e. The second kappa shape index (κ2) is 9.09. The minimum atomic E-state index is -0.320. The lowest BCUT2D eigenvalue weighted by molar-refractivity contribution is 0.0740. The van der Waals surface area contributed by atoms with E-state index >= 15 is 0 Å². The minimum Gasteiger partial charge on any atom is -0.496 e. The Hall–Kier alpha value is -3.88. The molecule has 9 heteroatoms. The van der Waals surface area contributed by atoms with Crippen LogP contribution in [0.15, 0.2) is 48.8 Å². The average molecular weight is 437 g/mol. The normalized spacial score (nSPS) is 13.7. The number of nitrogens with zero attached hydrogens (tertiary/aromatic N) is 4. The first-order valence-corrected chi connectivity index (χ1v) is 10.1. The van der Waals surface area contributed by atoms with Crippen LogP contribution >= 0.6 is 0 Å². The van der Waals surface area contributed by atoms with Gasteiger partial charge in [-0.3, -0.25) is 9.78 Å². The third kappa shape index (κ3) is 4.27. The van der Waals surface area contributed by atoms with E-state index in [2.05, 4.69) is 14.9 Å². The number of hydrogen-bond donors (Lipinski definition) is 1. The number of nitrogens with two attached hydrogens (primary N) is 1. The summed E-state index contributed by atoms with van der Waals surface area (Å²) in [5, 5.41) is 0. The van der Waals surface area contributed by atoms with E-state index in [1.54, 1.807) is 48.7 Å². The Morgan fingerprint density at radius 2 is 1.66 bits per heavy atom. The van der Waals surface area contributed by atoms with Gasteiger partial charge in [0.1, 0.15) is 28.8 Å². The van der Waals surface area contributed by atoms with Gasteiger partial charge >= 0.3 is 0 Å². The summed E-state index contributed by atoms with van der Waals surface area (Å²) in [6.45, 7) is 2.29. The standard InChI is InChI=1S/C23H24FN5O3/c1-31-20-11-18(26-13-17(20)15-3-5-16(24)6-4-15)23(30)29-9-7-28(8-10-29)19-14-27-22(25)12-21(19)32-2/h3-6,11-14H,7-10H2,1-2H3,(H2,25,27). The molecule has 1 aliphatic rings. The Bertz CT molecular complexity index is 1120. The van der Waals surface area contributed by atoms with Crippen LogP contribution in [-0.4, -0.2) is 61.2 Å². The van der Waals surface area contributed by atoms with Gasteiger partial charge in [0.05, 0.1) is 26.1 Å². The first kappa shape index (κ1) is 21.4. The topological polar surface area (TPSA) is 93.8 Å². The Morgan fingerprint density at radius 1 is 0.969 bits per heavy atom. The van der Waals surface area contributed by atoms with Crippen molar-refractivity contribution in [1.82, 2.24) is 14.9 Å². The highest BCUT2D eigenvalue weighted by Gasteiger charge is 2.25. The SMILES string of the molecule is COc1cc(C(=O)N2CCN(c3cnc(N)cc3OC)CC2)ncc1-c1ccc(F)cc1. The van der Waals surface area contributed by atoms with E-state index in [4.69, 9.17) is 15.2 Å². The number of pyridine rings is 2. The van der Waals surface area contributed by atoms with Crippen LogP contribution in [-0.2, 0) is 0 Å². The molecular weight excluding hydrogens is 413 g/mol. The number of nitrogen functional groups attached to an aromatic ring is 1. The molecule has 4 rings (SSSR count). The van der Waals surface area contributed by atoms with Crippen LogP contribution in [0.2, 0.25) is 0 Å². The van der Waals surface area contributed by atoms with Crippen molar-refractivity contribution in [1.29, 1.82) is 0 Å². The van der Waals surface area contributed by atoms with Crippen LogP contribution in [0, 0.1) is 5.82 Å². The van der Waals surface area contributed by atoms with Crippen LogP contribution in [0.25, 0.3) is 11.1 Å².